The van der Waals surface area contributed by atoms with Crippen LogP contribution in [0.5, 0.6) is 0 Å². The molecule has 2 aromatic heterocycles. The number of aromatic nitrogens is 1. The molecule has 3 nitrogen and oxygen atoms in total. The van der Waals surface area contributed by atoms with E-state index in [0.29, 0.717) is 0 Å². The quantitative estimate of drug-likeness (QED) is 0.175. The van der Waals surface area contributed by atoms with Gasteiger partial charge in [0, 0.05) is 44.5 Å². The Kier molecular flexibility index (Phi) is 6.55. The van der Waals surface area contributed by atoms with E-state index in [9.17, 15) is 0 Å². The van der Waals surface area contributed by atoms with Gasteiger partial charge in [0.2, 0.25) is 0 Å². The molecule has 10 aromatic rings. The topological polar surface area (TPSA) is 21.3 Å². The molecule has 2 heterocycles. The van der Waals surface area contributed by atoms with E-state index in [1.807, 2.05) is 0 Å². The number of para-hydroxylation sites is 1. The van der Waals surface area contributed by atoms with Crippen molar-refractivity contribution in [3.63, 3.8) is 0 Å². The van der Waals surface area contributed by atoms with Crippen LogP contribution in [-0.4, -0.2) is 4.57 Å². The van der Waals surface area contributed by atoms with E-state index in [4.69, 9.17) is 4.42 Å². The van der Waals surface area contributed by atoms with Crippen LogP contribution < -0.4 is 4.90 Å². The Balaban J connectivity index is 1.12. The summed E-state index contributed by atoms with van der Waals surface area (Å²) >= 11 is 0. The van der Waals surface area contributed by atoms with Crippen LogP contribution in [0.25, 0.3) is 83.2 Å². The number of fused-ring (bicyclic) bond motifs is 2. The van der Waals surface area contributed by atoms with Crippen molar-refractivity contribution < 1.29 is 4.42 Å². The lowest BCUT2D eigenvalue weighted by molar-refractivity contribution is 0.669. The van der Waals surface area contributed by atoms with Crippen LogP contribution in [0.3, 0.4) is 0 Å². The predicted octanol–water partition coefficient (Wildman–Crippen LogP) is 14.0. The smallest absolute Gasteiger partial charge is 0.136 e. The van der Waals surface area contributed by atoms with Gasteiger partial charge in [-0.3, -0.25) is 0 Å². The summed E-state index contributed by atoms with van der Waals surface area (Å²) in [6, 6.07) is 69.6. The van der Waals surface area contributed by atoms with Crippen LogP contribution in [0.4, 0.5) is 17.1 Å². The van der Waals surface area contributed by atoms with Crippen LogP contribution in [0.2, 0.25) is 0 Å². The van der Waals surface area contributed by atoms with Crippen molar-refractivity contribution in [2.24, 2.45) is 0 Å². The van der Waals surface area contributed by atoms with Gasteiger partial charge < -0.3 is 13.9 Å². The molecular weight excluding hydrogens is 645 g/mol. The van der Waals surface area contributed by atoms with E-state index < -0.39 is 0 Å². The lowest BCUT2D eigenvalue weighted by atomic mass is 9.95. The van der Waals surface area contributed by atoms with Gasteiger partial charge in [0.15, 0.2) is 0 Å². The summed E-state index contributed by atoms with van der Waals surface area (Å²) in [7, 11) is 0. The third-order valence-electron chi connectivity index (χ3n) is 10.7. The molecule has 3 heteroatoms. The monoisotopic (exact) mass is 676 g/mol. The van der Waals surface area contributed by atoms with Crippen LogP contribution in [-0.2, 0) is 0 Å². The summed E-state index contributed by atoms with van der Waals surface area (Å²) in [5.41, 5.74) is 17.0. The van der Waals surface area contributed by atoms with Crippen molar-refractivity contribution in [1.29, 1.82) is 0 Å². The van der Waals surface area contributed by atoms with Gasteiger partial charge >= 0.3 is 0 Å². The van der Waals surface area contributed by atoms with E-state index in [0.717, 1.165) is 33.9 Å². The summed E-state index contributed by atoms with van der Waals surface area (Å²) < 4.78 is 8.94. The zero-order valence-corrected chi connectivity index (χ0v) is 28.8. The van der Waals surface area contributed by atoms with E-state index in [1.54, 1.807) is 0 Å². The van der Waals surface area contributed by atoms with Gasteiger partial charge in [-0.25, -0.2) is 0 Å². The first-order chi connectivity index (χ1) is 26.3. The number of anilines is 3. The maximum absolute atomic E-state index is 6.48. The van der Waals surface area contributed by atoms with Gasteiger partial charge in [0.1, 0.15) is 11.2 Å². The van der Waals surface area contributed by atoms with Crippen molar-refractivity contribution in [1.82, 2.24) is 4.57 Å². The fraction of sp³-hybridized carbons (Fsp3) is 0. The highest BCUT2D eigenvalue weighted by molar-refractivity contribution is 6.27. The Bertz CT molecular complexity index is 2960. The van der Waals surface area contributed by atoms with Gasteiger partial charge in [0.05, 0.1) is 11.2 Å². The van der Waals surface area contributed by atoms with Crippen LogP contribution in [0.1, 0.15) is 0 Å². The van der Waals surface area contributed by atoms with Crippen LogP contribution >= 0.6 is 0 Å². The molecule has 0 bridgehead atoms. The minimum absolute atomic E-state index is 0.917. The third-order valence-corrected chi connectivity index (χ3v) is 10.7. The fourth-order valence-electron chi connectivity index (χ4n) is 8.47. The highest BCUT2D eigenvalue weighted by Gasteiger charge is 2.29. The number of rotatable bonds is 6. The Hall–Kier alpha value is -7.10. The molecule has 8 aromatic carbocycles. The summed E-state index contributed by atoms with van der Waals surface area (Å²) in [4.78, 5) is 2.33. The summed E-state index contributed by atoms with van der Waals surface area (Å²) in [5.74, 6) is 0. The molecule has 1 aliphatic carbocycles. The van der Waals surface area contributed by atoms with Crippen molar-refractivity contribution in [3.05, 3.63) is 194 Å². The number of hydrogen-bond acceptors (Lipinski definition) is 2. The molecule has 0 saturated heterocycles. The van der Waals surface area contributed by atoms with Crippen LogP contribution in [0.15, 0.2) is 199 Å². The Morgan fingerprint density at radius 3 is 1.51 bits per heavy atom. The molecule has 0 spiro atoms. The molecular formula is C50H32N2O. The zero-order chi connectivity index (χ0) is 34.9. The molecule has 1 aliphatic rings. The second-order valence-electron chi connectivity index (χ2n) is 13.7. The normalized spacial score (nSPS) is 11.8. The zero-order valence-electron chi connectivity index (χ0n) is 28.8. The molecule has 53 heavy (non-hydrogen) atoms. The van der Waals surface area contributed by atoms with Crippen molar-refractivity contribution in [3.8, 4) is 50.3 Å². The summed E-state index contributed by atoms with van der Waals surface area (Å²) in [5, 5.41) is 3.63. The molecule has 0 fully saturated rings. The lowest BCUT2D eigenvalue weighted by Gasteiger charge is -2.26. The maximum Gasteiger partial charge on any atom is 0.136 e. The highest BCUT2D eigenvalue weighted by atomic mass is 16.3. The van der Waals surface area contributed by atoms with E-state index in [2.05, 4.69) is 204 Å². The number of hydrogen-bond donors (Lipinski definition) is 0. The Morgan fingerprint density at radius 2 is 0.849 bits per heavy atom. The molecule has 0 unspecified atom stereocenters. The van der Waals surface area contributed by atoms with E-state index in [1.165, 1.54) is 66.3 Å². The minimum atomic E-state index is 0.917. The molecule has 11 rings (SSSR count). The van der Waals surface area contributed by atoms with Crippen LogP contribution in [0, 0.1) is 0 Å². The second kappa shape index (κ2) is 11.7. The highest BCUT2D eigenvalue weighted by Crippen LogP contribution is 2.53. The Labute approximate surface area is 307 Å². The first kappa shape index (κ1) is 29.6. The molecule has 0 radical (unpaired) electrons. The fourth-order valence-corrected chi connectivity index (χ4v) is 8.47. The second-order valence-corrected chi connectivity index (χ2v) is 13.7. The molecule has 0 amide bonds. The first-order valence-corrected chi connectivity index (χ1v) is 18.1. The van der Waals surface area contributed by atoms with Gasteiger partial charge in [-0.1, -0.05) is 127 Å². The van der Waals surface area contributed by atoms with Gasteiger partial charge in [-0.15, -0.1) is 0 Å². The largest absolute Gasteiger partial charge is 0.456 e. The molecule has 0 saturated carbocycles. The minimum Gasteiger partial charge on any atom is -0.456 e. The lowest BCUT2D eigenvalue weighted by Crippen LogP contribution is -2.10. The van der Waals surface area contributed by atoms with E-state index in [-0.39, 0.29) is 0 Å². The standard InChI is InChI=1S/C50H32N2O/c1-4-13-33(14-5-1)34-25-27-37(28-26-34)51(36-17-8-3-9-18-36)38-29-31-39(32-30-38)52-43-22-10-19-40-41-20-11-23-44-47(41)48-42(21-12-24-45(48)53-44)49(46(40)43)50(52)35-15-6-2-7-16-35/h1-32H. The summed E-state index contributed by atoms with van der Waals surface area (Å²) in [6.07, 6.45) is 0. The van der Waals surface area contributed by atoms with Gasteiger partial charge in [0.25, 0.3) is 0 Å². The number of furan rings is 1. The summed E-state index contributed by atoms with van der Waals surface area (Å²) in [6.45, 7) is 0. The average Bonchev–Trinajstić information content (AvgIpc) is 3.75. The molecule has 248 valence electrons. The maximum atomic E-state index is 6.48. The SMILES string of the molecule is c1ccc(-c2ccc(N(c3ccccc3)c3ccc(-n4c(-c5ccccc5)c5c6c(cccc64)-c4cccc6oc7cccc-5c7c46)cc3)cc2)cc1. The first-order valence-electron chi connectivity index (χ1n) is 18.1. The molecule has 0 atom stereocenters. The molecule has 0 N–H and O–H groups in total. The van der Waals surface area contributed by atoms with Crippen molar-refractivity contribution in [2.75, 3.05) is 4.90 Å². The third kappa shape index (κ3) is 4.54. The van der Waals surface area contributed by atoms with Gasteiger partial charge in [-0.05, 0) is 100 Å². The molecule has 0 aliphatic heterocycles. The Morgan fingerprint density at radius 1 is 0.358 bits per heavy atom. The van der Waals surface area contributed by atoms with Gasteiger partial charge in [-0.2, -0.15) is 0 Å². The average molecular weight is 677 g/mol. The number of nitrogens with zero attached hydrogens (tertiary/aromatic N) is 2. The van der Waals surface area contributed by atoms with Crippen molar-refractivity contribution in [2.45, 2.75) is 0 Å². The van der Waals surface area contributed by atoms with Crippen molar-refractivity contribution >= 4 is 49.9 Å². The predicted molar refractivity (Wildman–Crippen MR) is 221 cm³/mol. The van der Waals surface area contributed by atoms with E-state index >= 15 is 0 Å². The number of benzene rings is 8.